The molecule has 0 aliphatic rings. The summed E-state index contributed by atoms with van der Waals surface area (Å²) in [5.41, 5.74) is 0. The number of hydrogen-bond donors (Lipinski definition) is 1. The highest BCUT2D eigenvalue weighted by Gasteiger charge is 2.12. The van der Waals surface area contributed by atoms with E-state index >= 15 is 0 Å². The van der Waals surface area contributed by atoms with Crippen LogP contribution in [-0.2, 0) is 6.54 Å². The fourth-order valence-electron chi connectivity index (χ4n) is 1.46. The largest absolute Gasteiger partial charge is 0.384 e. The van der Waals surface area contributed by atoms with Crippen molar-refractivity contribution >= 4 is 11.8 Å². The summed E-state index contributed by atoms with van der Waals surface area (Å²) < 4.78 is 2.04. The van der Waals surface area contributed by atoms with E-state index in [4.69, 9.17) is 0 Å². The molecule has 4 heteroatoms. The molecule has 15 heavy (non-hydrogen) atoms. The lowest BCUT2D eigenvalue weighted by Gasteiger charge is -2.12. The number of rotatable bonds is 7. The van der Waals surface area contributed by atoms with Crippen LogP contribution in [0, 0.1) is 0 Å². The molecule has 0 saturated carbocycles. The van der Waals surface area contributed by atoms with Crippen LogP contribution in [0.5, 0.6) is 0 Å². The summed E-state index contributed by atoms with van der Waals surface area (Å²) in [6, 6.07) is 0. The smallest absolute Gasteiger partial charge is 0.138 e. The normalized spacial score (nSPS) is 13.0. The number of imidazole rings is 1. The second kappa shape index (κ2) is 6.90. The van der Waals surface area contributed by atoms with E-state index in [1.54, 1.807) is 18.0 Å². The Morgan fingerprint density at radius 2 is 2.27 bits per heavy atom. The zero-order valence-electron chi connectivity index (χ0n) is 9.52. The molecule has 0 fully saturated rings. The van der Waals surface area contributed by atoms with E-state index in [2.05, 4.69) is 18.8 Å². The first kappa shape index (κ1) is 12.6. The Morgan fingerprint density at radius 1 is 1.47 bits per heavy atom. The Labute approximate surface area is 95.9 Å². The van der Waals surface area contributed by atoms with Gasteiger partial charge in [0.2, 0.25) is 0 Å². The fraction of sp³-hybridized carbons (Fsp3) is 0.727. The summed E-state index contributed by atoms with van der Waals surface area (Å²) in [6.07, 6.45) is 5.49. The fourth-order valence-corrected chi connectivity index (χ4v) is 2.29. The summed E-state index contributed by atoms with van der Waals surface area (Å²) >= 11 is 1.78. The highest BCUT2D eigenvalue weighted by Crippen LogP contribution is 2.17. The molecule has 0 spiro atoms. The lowest BCUT2D eigenvalue weighted by molar-refractivity contribution is 0.188. The van der Waals surface area contributed by atoms with Crippen molar-refractivity contribution in [3.05, 3.63) is 18.2 Å². The average Bonchev–Trinajstić information content (AvgIpc) is 2.67. The maximum absolute atomic E-state index is 9.94. The zero-order chi connectivity index (χ0) is 11.1. The molecule has 1 N–H and O–H groups in total. The summed E-state index contributed by atoms with van der Waals surface area (Å²) in [4.78, 5) is 4.21. The number of hydrogen-bond acceptors (Lipinski definition) is 3. The van der Waals surface area contributed by atoms with Crippen molar-refractivity contribution in [3.63, 3.8) is 0 Å². The minimum Gasteiger partial charge on any atom is -0.384 e. The summed E-state index contributed by atoms with van der Waals surface area (Å²) in [5, 5.41) is 9.94. The summed E-state index contributed by atoms with van der Waals surface area (Å²) in [6.45, 7) is 5.21. The van der Waals surface area contributed by atoms with Crippen LogP contribution in [0.4, 0.5) is 0 Å². The molecule has 1 heterocycles. The van der Waals surface area contributed by atoms with Crippen LogP contribution in [-0.4, -0.2) is 26.2 Å². The number of aliphatic hydroxyl groups excluding tert-OH is 1. The number of aliphatic hydroxyl groups is 1. The van der Waals surface area contributed by atoms with Crippen LogP contribution < -0.4 is 0 Å². The number of nitrogens with zero attached hydrogens (tertiary/aromatic N) is 2. The number of aromatic nitrogens is 2. The molecular weight excluding hydrogens is 208 g/mol. The van der Waals surface area contributed by atoms with Gasteiger partial charge in [-0.25, -0.2) is 4.98 Å². The van der Waals surface area contributed by atoms with Gasteiger partial charge < -0.3 is 9.67 Å². The first-order valence-electron chi connectivity index (χ1n) is 5.56. The predicted octanol–water partition coefficient (Wildman–Crippen LogP) is 2.47. The van der Waals surface area contributed by atoms with Gasteiger partial charge in [0, 0.05) is 24.7 Å². The Morgan fingerprint density at radius 3 is 2.93 bits per heavy atom. The Kier molecular flexibility index (Phi) is 5.79. The van der Waals surface area contributed by atoms with Gasteiger partial charge in [0.25, 0.3) is 0 Å². The maximum Gasteiger partial charge on any atom is 0.138 e. The quantitative estimate of drug-likeness (QED) is 0.729. The Balaban J connectivity index is 2.48. The highest BCUT2D eigenvalue weighted by atomic mass is 32.2. The molecule has 1 aromatic heterocycles. The molecule has 1 atom stereocenters. The lowest BCUT2D eigenvalue weighted by Crippen LogP contribution is -2.10. The van der Waals surface area contributed by atoms with Crippen molar-refractivity contribution in [2.75, 3.05) is 11.5 Å². The molecule has 3 nitrogen and oxygen atoms in total. The van der Waals surface area contributed by atoms with Gasteiger partial charge in [-0.3, -0.25) is 0 Å². The van der Waals surface area contributed by atoms with Gasteiger partial charge in [0.15, 0.2) is 0 Å². The second-order valence-corrected chi connectivity index (χ2v) is 4.72. The van der Waals surface area contributed by atoms with Crippen LogP contribution in [0.3, 0.4) is 0 Å². The SMILES string of the molecule is CCCSCC(O)c1nccn1CCC. The van der Waals surface area contributed by atoms with Crippen molar-refractivity contribution in [2.45, 2.75) is 39.3 Å². The monoisotopic (exact) mass is 228 g/mol. The van der Waals surface area contributed by atoms with E-state index < -0.39 is 6.10 Å². The topological polar surface area (TPSA) is 38.1 Å². The molecule has 0 bridgehead atoms. The van der Waals surface area contributed by atoms with Gasteiger partial charge in [-0.1, -0.05) is 13.8 Å². The average molecular weight is 228 g/mol. The van der Waals surface area contributed by atoms with Crippen LogP contribution in [0.15, 0.2) is 12.4 Å². The van der Waals surface area contributed by atoms with Crippen molar-refractivity contribution < 1.29 is 5.11 Å². The van der Waals surface area contributed by atoms with E-state index in [0.717, 1.165) is 36.7 Å². The minimum absolute atomic E-state index is 0.428. The van der Waals surface area contributed by atoms with E-state index in [0.29, 0.717) is 0 Å². The van der Waals surface area contributed by atoms with Gasteiger partial charge in [-0.2, -0.15) is 11.8 Å². The van der Waals surface area contributed by atoms with E-state index in [1.807, 2.05) is 10.8 Å². The highest BCUT2D eigenvalue weighted by molar-refractivity contribution is 7.99. The maximum atomic E-state index is 9.94. The van der Waals surface area contributed by atoms with Crippen molar-refractivity contribution in [1.29, 1.82) is 0 Å². The number of thioether (sulfide) groups is 1. The molecule has 0 radical (unpaired) electrons. The molecule has 1 aromatic rings. The Bertz CT molecular complexity index is 275. The Hall–Kier alpha value is -0.480. The molecule has 0 aromatic carbocycles. The predicted molar refractivity (Wildman–Crippen MR) is 65.1 cm³/mol. The van der Waals surface area contributed by atoms with Gasteiger partial charge in [0.1, 0.15) is 11.9 Å². The van der Waals surface area contributed by atoms with Crippen molar-refractivity contribution in [2.24, 2.45) is 0 Å². The number of aryl methyl sites for hydroxylation is 1. The summed E-state index contributed by atoms with van der Waals surface area (Å²) in [5.74, 6) is 2.65. The lowest BCUT2D eigenvalue weighted by atomic mass is 10.3. The van der Waals surface area contributed by atoms with E-state index in [1.165, 1.54) is 0 Å². The van der Waals surface area contributed by atoms with E-state index in [-0.39, 0.29) is 0 Å². The third kappa shape index (κ3) is 3.87. The molecular formula is C11H20N2OS. The van der Waals surface area contributed by atoms with Crippen LogP contribution in [0.25, 0.3) is 0 Å². The molecule has 1 unspecified atom stereocenters. The molecule has 0 aliphatic heterocycles. The van der Waals surface area contributed by atoms with Crippen molar-refractivity contribution in [3.8, 4) is 0 Å². The van der Waals surface area contributed by atoms with Gasteiger partial charge in [0.05, 0.1) is 0 Å². The molecule has 0 saturated heterocycles. The third-order valence-corrected chi connectivity index (χ3v) is 3.38. The van der Waals surface area contributed by atoms with Crippen LogP contribution >= 0.6 is 11.8 Å². The first-order chi connectivity index (χ1) is 7.29. The van der Waals surface area contributed by atoms with Gasteiger partial charge in [-0.15, -0.1) is 0 Å². The molecule has 1 rings (SSSR count). The third-order valence-electron chi connectivity index (χ3n) is 2.13. The molecule has 0 amide bonds. The van der Waals surface area contributed by atoms with E-state index in [9.17, 15) is 5.11 Å². The molecule has 0 aliphatic carbocycles. The van der Waals surface area contributed by atoms with Gasteiger partial charge >= 0.3 is 0 Å². The van der Waals surface area contributed by atoms with Crippen LogP contribution in [0.2, 0.25) is 0 Å². The minimum atomic E-state index is -0.428. The summed E-state index contributed by atoms with van der Waals surface area (Å²) in [7, 11) is 0. The zero-order valence-corrected chi connectivity index (χ0v) is 10.3. The van der Waals surface area contributed by atoms with Gasteiger partial charge in [-0.05, 0) is 18.6 Å². The first-order valence-corrected chi connectivity index (χ1v) is 6.71. The second-order valence-electron chi connectivity index (χ2n) is 3.57. The molecule has 86 valence electrons. The van der Waals surface area contributed by atoms with Crippen LogP contribution in [0.1, 0.15) is 38.6 Å². The standard InChI is InChI=1S/C11H20N2OS/c1-3-6-13-7-5-12-11(13)10(14)9-15-8-4-2/h5,7,10,14H,3-4,6,8-9H2,1-2H3. The van der Waals surface area contributed by atoms with Crippen molar-refractivity contribution in [1.82, 2.24) is 9.55 Å².